The van der Waals surface area contributed by atoms with Crippen LogP contribution >= 0.6 is 0 Å². The summed E-state index contributed by atoms with van der Waals surface area (Å²) in [6.45, 7) is 4.08. The Kier molecular flexibility index (Phi) is 5.84. The third-order valence-electron chi connectivity index (χ3n) is 5.03. The second-order valence-electron chi connectivity index (χ2n) is 6.12. The van der Waals surface area contributed by atoms with E-state index in [2.05, 4.69) is 6.92 Å². The molecule has 0 bridgehead atoms. The molecule has 2 aliphatic carbocycles. The summed E-state index contributed by atoms with van der Waals surface area (Å²) in [5.74, 6) is 2.85. The summed E-state index contributed by atoms with van der Waals surface area (Å²) in [6.07, 6.45) is 14.8. The molecule has 0 N–H and O–H groups in total. The molecule has 0 radical (unpaired) electrons. The Morgan fingerprint density at radius 1 is 0.824 bits per heavy atom. The molecule has 1 nitrogen and oxygen atoms in total. The normalized spacial score (nSPS) is 24.4. The zero-order chi connectivity index (χ0) is 11.9. The summed E-state index contributed by atoms with van der Waals surface area (Å²) in [5, 5.41) is 0. The molecule has 0 aromatic heterocycles. The lowest BCUT2D eigenvalue weighted by Crippen LogP contribution is -2.31. The zero-order valence-electron chi connectivity index (χ0n) is 11.6. The Labute approximate surface area is 107 Å². The molecule has 0 spiro atoms. The first-order valence-electron chi connectivity index (χ1n) is 7.99. The van der Waals surface area contributed by atoms with Crippen LogP contribution in [0, 0.1) is 17.8 Å². The molecule has 2 saturated carbocycles. The van der Waals surface area contributed by atoms with Crippen molar-refractivity contribution in [2.24, 2.45) is 17.8 Å². The van der Waals surface area contributed by atoms with Gasteiger partial charge in [0.05, 0.1) is 0 Å². The second-order valence-corrected chi connectivity index (χ2v) is 6.12. The van der Waals surface area contributed by atoms with Crippen LogP contribution in [0.1, 0.15) is 71.1 Å². The van der Waals surface area contributed by atoms with E-state index in [1.54, 1.807) is 0 Å². The standard InChI is InChI=1S/C16H30O/c1-2-17-13-16(14-9-5-3-6-10-14)15-11-7-4-8-12-15/h14-16H,2-13H2,1H3. The molecular formula is C16H30O. The van der Waals surface area contributed by atoms with Crippen molar-refractivity contribution in [2.45, 2.75) is 71.1 Å². The maximum absolute atomic E-state index is 5.80. The number of hydrogen-bond donors (Lipinski definition) is 0. The van der Waals surface area contributed by atoms with E-state index in [1.165, 1.54) is 64.2 Å². The first kappa shape index (κ1) is 13.4. The molecule has 2 fully saturated rings. The molecule has 0 aliphatic heterocycles. The maximum atomic E-state index is 5.80. The zero-order valence-corrected chi connectivity index (χ0v) is 11.6. The molecule has 0 heterocycles. The quantitative estimate of drug-likeness (QED) is 0.668. The molecule has 1 heteroatoms. The molecule has 0 unspecified atom stereocenters. The Morgan fingerprint density at radius 2 is 1.29 bits per heavy atom. The Hall–Kier alpha value is -0.0400. The molecule has 0 atom stereocenters. The molecule has 0 aromatic carbocycles. The minimum absolute atomic E-state index is 0.885. The van der Waals surface area contributed by atoms with Crippen LogP contribution < -0.4 is 0 Å². The number of hydrogen-bond acceptors (Lipinski definition) is 1. The third-order valence-corrected chi connectivity index (χ3v) is 5.03. The second kappa shape index (κ2) is 7.41. The van der Waals surface area contributed by atoms with Gasteiger partial charge in [-0.1, -0.05) is 64.2 Å². The van der Waals surface area contributed by atoms with Gasteiger partial charge in [0.1, 0.15) is 0 Å². The summed E-state index contributed by atoms with van der Waals surface area (Å²) in [5.41, 5.74) is 0. The fourth-order valence-corrected chi connectivity index (χ4v) is 4.04. The van der Waals surface area contributed by atoms with Crippen LogP contribution in [0.15, 0.2) is 0 Å². The summed E-state index contributed by atoms with van der Waals surface area (Å²) in [7, 11) is 0. The highest BCUT2D eigenvalue weighted by molar-refractivity contribution is 4.81. The van der Waals surface area contributed by atoms with Crippen molar-refractivity contribution in [1.82, 2.24) is 0 Å². The van der Waals surface area contributed by atoms with Crippen LogP contribution in [0.3, 0.4) is 0 Å². The Morgan fingerprint density at radius 3 is 1.71 bits per heavy atom. The molecule has 2 rings (SSSR count). The van der Waals surface area contributed by atoms with Crippen molar-refractivity contribution in [3.63, 3.8) is 0 Å². The number of rotatable bonds is 5. The van der Waals surface area contributed by atoms with E-state index in [1.807, 2.05) is 0 Å². The highest BCUT2D eigenvalue weighted by Crippen LogP contribution is 2.40. The van der Waals surface area contributed by atoms with Gasteiger partial charge in [-0.25, -0.2) is 0 Å². The van der Waals surface area contributed by atoms with Crippen molar-refractivity contribution in [3.05, 3.63) is 0 Å². The number of ether oxygens (including phenoxy) is 1. The van der Waals surface area contributed by atoms with Gasteiger partial charge in [0.2, 0.25) is 0 Å². The van der Waals surface area contributed by atoms with Crippen molar-refractivity contribution >= 4 is 0 Å². The van der Waals surface area contributed by atoms with Gasteiger partial charge in [-0.2, -0.15) is 0 Å². The SMILES string of the molecule is CCOCC(C1CCCCC1)C1CCCCC1. The lowest BCUT2D eigenvalue weighted by molar-refractivity contribution is 0.0329. The maximum Gasteiger partial charge on any atom is 0.0499 e. The van der Waals surface area contributed by atoms with E-state index in [-0.39, 0.29) is 0 Å². The summed E-state index contributed by atoms with van der Waals surface area (Å²) in [4.78, 5) is 0. The molecule has 0 aromatic rings. The molecule has 0 saturated heterocycles. The van der Waals surface area contributed by atoms with Gasteiger partial charge in [-0.15, -0.1) is 0 Å². The van der Waals surface area contributed by atoms with Crippen molar-refractivity contribution in [3.8, 4) is 0 Å². The molecule has 100 valence electrons. The van der Waals surface area contributed by atoms with E-state index in [0.29, 0.717) is 0 Å². The van der Waals surface area contributed by atoms with E-state index in [9.17, 15) is 0 Å². The van der Waals surface area contributed by atoms with E-state index < -0.39 is 0 Å². The highest BCUT2D eigenvalue weighted by Gasteiger charge is 2.31. The van der Waals surface area contributed by atoms with Gasteiger partial charge >= 0.3 is 0 Å². The Bertz CT molecular complexity index is 172. The first-order valence-corrected chi connectivity index (χ1v) is 7.99. The largest absolute Gasteiger partial charge is 0.381 e. The van der Waals surface area contributed by atoms with Crippen LogP contribution in [-0.4, -0.2) is 13.2 Å². The van der Waals surface area contributed by atoms with E-state index in [0.717, 1.165) is 31.0 Å². The van der Waals surface area contributed by atoms with Crippen LogP contribution in [0.4, 0.5) is 0 Å². The van der Waals surface area contributed by atoms with Crippen molar-refractivity contribution in [1.29, 1.82) is 0 Å². The molecule has 0 amide bonds. The van der Waals surface area contributed by atoms with Gasteiger partial charge in [0, 0.05) is 13.2 Å². The van der Waals surface area contributed by atoms with Gasteiger partial charge in [-0.05, 0) is 24.7 Å². The molecule has 17 heavy (non-hydrogen) atoms. The van der Waals surface area contributed by atoms with E-state index in [4.69, 9.17) is 4.74 Å². The monoisotopic (exact) mass is 238 g/mol. The van der Waals surface area contributed by atoms with Gasteiger partial charge in [0.25, 0.3) is 0 Å². The summed E-state index contributed by atoms with van der Waals surface area (Å²) < 4.78 is 5.80. The lowest BCUT2D eigenvalue weighted by Gasteiger charge is -2.37. The predicted octanol–water partition coefficient (Wildman–Crippen LogP) is 4.80. The van der Waals surface area contributed by atoms with Crippen LogP contribution in [0.2, 0.25) is 0 Å². The fraction of sp³-hybridized carbons (Fsp3) is 1.00. The van der Waals surface area contributed by atoms with Gasteiger partial charge in [0.15, 0.2) is 0 Å². The van der Waals surface area contributed by atoms with Crippen LogP contribution in [-0.2, 0) is 4.74 Å². The molecular weight excluding hydrogens is 208 g/mol. The van der Waals surface area contributed by atoms with Crippen molar-refractivity contribution < 1.29 is 4.74 Å². The third kappa shape index (κ3) is 3.98. The smallest absolute Gasteiger partial charge is 0.0499 e. The minimum Gasteiger partial charge on any atom is -0.381 e. The average molecular weight is 238 g/mol. The average Bonchev–Trinajstić information content (AvgIpc) is 2.42. The fourth-order valence-electron chi connectivity index (χ4n) is 4.04. The Balaban J connectivity index is 1.90. The van der Waals surface area contributed by atoms with Gasteiger partial charge in [-0.3, -0.25) is 0 Å². The topological polar surface area (TPSA) is 9.23 Å². The van der Waals surface area contributed by atoms with Gasteiger partial charge < -0.3 is 4.74 Å². The summed E-state index contributed by atoms with van der Waals surface area (Å²) >= 11 is 0. The van der Waals surface area contributed by atoms with Crippen molar-refractivity contribution in [2.75, 3.05) is 13.2 Å². The first-order chi connectivity index (χ1) is 8.42. The predicted molar refractivity (Wildman–Crippen MR) is 73.1 cm³/mol. The van der Waals surface area contributed by atoms with E-state index >= 15 is 0 Å². The molecule has 2 aliphatic rings. The lowest BCUT2D eigenvalue weighted by atomic mass is 9.70. The van der Waals surface area contributed by atoms with Crippen LogP contribution in [0.25, 0.3) is 0 Å². The van der Waals surface area contributed by atoms with Crippen LogP contribution in [0.5, 0.6) is 0 Å². The minimum atomic E-state index is 0.885. The highest BCUT2D eigenvalue weighted by atomic mass is 16.5. The summed E-state index contributed by atoms with van der Waals surface area (Å²) in [6, 6.07) is 0.